The Kier molecular flexibility index (Phi) is 2.94. The van der Waals surface area contributed by atoms with Crippen molar-refractivity contribution in [1.82, 2.24) is 9.97 Å². The second-order valence-corrected chi connectivity index (χ2v) is 3.67. The van der Waals surface area contributed by atoms with Crippen LogP contribution in [0.4, 0.5) is 0 Å². The zero-order valence-electron chi connectivity index (χ0n) is 8.20. The highest BCUT2D eigenvalue weighted by Gasteiger charge is 2.14. The number of halogens is 2. The Labute approximate surface area is 101 Å². The molecule has 0 spiro atoms. The average molecular weight is 257 g/mol. The molecule has 0 N–H and O–H groups in total. The highest BCUT2D eigenvalue weighted by Crippen LogP contribution is 2.24. The van der Waals surface area contributed by atoms with Crippen LogP contribution in [-0.4, -0.2) is 23.0 Å². The minimum Gasteiger partial charge on any atom is -0.465 e. The fourth-order valence-electron chi connectivity index (χ4n) is 1.36. The van der Waals surface area contributed by atoms with Crippen molar-refractivity contribution in [2.45, 2.75) is 0 Å². The molecule has 82 valence electrons. The van der Waals surface area contributed by atoms with E-state index in [1.807, 2.05) is 0 Å². The van der Waals surface area contributed by atoms with Crippen molar-refractivity contribution >= 4 is 40.1 Å². The minimum absolute atomic E-state index is 0.00569. The lowest BCUT2D eigenvalue weighted by Gasteiger charge is -2.04. The molecular formula is C10H6Cl2N2O2. The highest BCUT2D eigenvalue weighted by atomic mass is 35.5. The summed E-state index contributed by atoms with van der Waals surface area (Å²) in [6.45, 7) is 0. The molecule has 2 rings (SSSR count). The molecule has 0 saturated heterocycles. The van der Waals surface area contributed by atoms with E-state index in [9.17, 15) is 4.79 Å². The Bertz CT molecular complexity index is 572. The first-order valence-corrected chi connectivity index (χ1v) is 5.09. The number of methoxy groups -OCH3 is 1. The third-order valence-electron chi connectivity index (χ3n) is 2.06. The van der Waals surface area contributed by atoms with E-state index in [0.29, 0.717) is 16.5 Å². The number of fused-ring (bicyclic) bond motifs is 1. The van der Waals surface area contributed by atoms with Crippen molar-refractivity contribution in [2.24, 2.45) is 0 Å². The van der Waals surface area contributed by atoms with Gasteiger partial charge in [0.2, 0.25) is 5.28 Å². The molecule has 0 amide bonds. The molecule has 0 atom stereocenters. The monoisotopic (exact) mass is 256 g/mol. The molecule has 1 heterocycles. The van der Waals surface area contributed by atoms with Gasteiger partial charge in [-0.15, -0.1) is 0 Å². The third kappa shape index (κ3) is 1.81. The van der Waals surface area contributed by atoms with E-state index in [1.54, 1.807) is 18.2 Å². The molecule has 6 heteroatoms. The number of aromatic nitrogens is 2. The number of hydrogen-bond acceptors (Lipinski definition) is 4. The van der Waals surface area contributed by atoms with Gasteiger partial charge in [-0.3, -0.25) is 0 Å². The third-order valence-corrected chi connectivity index (χ3v) is 2.52. The molecule has 0 aliphatic carbocycles. The van der Waals surface area contributed by atoms with Crippen molar-refractivity contribution in [3.8, 4) is 0 Å². The van der Waals surface area contributed by atoms with Crippen LogP contribution in [0.15, 0.2) is 18.2 Å². The van der Waals surface area contributed by atoms with Crippen molar-refractivity contribution in [3.05, 3.63) is 34.2 Å². The molecule has 0 saturated carbocycles. The molecule has 4 nitrogen and oxygen atoms in total. The largest absolute Gasteiger partial charge is 0.465 e. The van der Waals surface area contributed by atoms with E-state index in [0.717, 1.165) is 0 Å². The summed E-state index contributed by atoms with van der Waals surface area (Å²) in [6, 6.07) is 4.98. The molecular weight excluding hydrogens is 251 g/mol. The number of para-hydroxylation sites is 1. The summed E-state index contributed by atoms with van der Waals surface area (Å²) in [5.41, 5.74) is 0.700. The molecule has 0 unspecified atom stereocenters. The quantitative estimate of drug-likeness (QED) is 0.447. The predicted octanol–water partition coefficient (Wildman–Crippen LogP) is 2.72. The number of rotatable bonds is 1. The van der Waals surface area contributed by atoms with Gasteiger partial charge in [-0.2, -0.15) is 0 Å². The second-order valence-electron chi connectivity index (χ2n) is 2.98. The maximum Gasteiger partial charge on any atom is 0.340 e. The first-order chi connectivity index (χ1) is 7.63. The van der Waals surface area contributed by atoms with Gasteiger partial charge in [0.1, 0.15) is 5.15 Å². The topological polar surface area (TPSA) is 52.1 Å². The normalized spacial score (nSPS) is 10.4. The van der Waals surface area contributed by atoms with Gasteiger partial charge in [-0.1, -0.05) is 17.7 Å². The van der Waals surface area contributed by atoms with Gasteiger partial charge >= 0.3 is 5.97 Å². The fraction of sp³-hybridized carbons (Fsp3) is 0.100. The van der Waals surface area contributed by atoms with E-state index < -0.39 is 5.97 Å². The summed E-state index contributed by atoms with van der Waals surface area (Å²) in [5, 5.41) is 0.767. The zero-order chi connectivity index (χ0) is 11.7. The molecule has 0 aliphatic heterocycles. The number of benzene rings is 1. The first kappa shape index (κ1) is 11.1. The van der Waals surface area contributed by atoms with E-state index in [2.05, 4.69) is 14.7 Å². The highest BCUT2D eigenvalue weighted by molar-refractivity contribution is 6.36. The first-order valence-electron chi connectivity index (χ1n) is 4.33. The van der Waals surface area contributed by atoms with Crippen LogP contribution in [0, 0.1) is 0 Å². The number of ether oxygens (including phenoxy) is 1. The summed E-state index contributed by atoms with van der Waals surface area (Å²) in [5.74, 6) is -0.489. The van der Waals surface area contributed by atoms with Gasteiger partial charge in [0.15, 0.2) is 0 Å². The van der Waals surface area contributed by atoms with Crippen LogP contribution in [-0.2, 0) is 4.74 Å². The maximum atomic E-state index is 11.5. The van der Waals surface area contributed by atoms with E-state index in [1.165, 1.54) is 7.11 Å². The summed E-state index contributed by atoms with van der Waals surface area (Å²) in [7, 11) is 1.30. The van der Waals surface area contributed by atoms with Crippen LogP contribution in [0.1, 0.15) is 10.4 Å². The number of hydrogen-bond donors (Lipinski definition) is 0. The Hall–Kier alpha value is -1.39. The van der Waals surface area contributed by atoms with Crippen molar-refractivity contribution in [3.63, 3.8) is 0 Å². The lowest BCUT2D eigenvalue weighted by Crippen LogP contribution is -2.03. The van der Waals surface area contributed by atoms with Crippen LogP contribution in [0.25, 0.3) is 10.9 Å². The van der Waals surface area contributed by atoms with Gasteiger partial charge in [-0.05, 0) is 23.7 Å². The molecule has 0 fully saturated rings. The van der Waals surface area contributed by atoms with Gasteiger partial charge in [0.25, 0.3) is 0 Å². The Morgan fingerprint density at radius 1 is 1.31 bits per heavy atom. The Balaban J connectivity index is 2.81. The molecule has 16 heavy (non-hydrogen) atoms. The minimum atomic E-state index is -0.489. The van der Waals surface area contributed by atoms with E-state index >= 15 is 0 Å². The van der Waals surface area contributed by atoms with Crippen LogP contribution in [0.2, 0.25) is 10.4 Å². The van der Waals surface area contributed by atoms with Crippen molar-refractivity contribution in [1.29, 1.82) is 0 Å². The molecule has 1 aromatic heterocycles. The standard InChI is InChI=1S/C10H6Cl2N2O2/c1-16-9(15)6-4-2-3-5-7(6)13-10(12)14-8(5)11/h2-4H,1H3. The van der Waals surface area contributed by atoms with Crippen LogP contribution in [0.3, 0.4) is 0 Å². The van der Waals surface area contributed by atoms with E-state index in [4.69, 9.17) is 23.2 Å². The molecule has 0 radical (unpaired) electrons. The molecule has 0 bridgehead atoms. The van der Waals surface area contributed by atoms with Gasteiger partial charge < -0.3 is 4.74 Å². The zero-order valence-corrected chi connectivity index (χ0v) is 9.71. The summed E-state index contributed by atoms with van der Waals surface area (Å²) >= 11 is 11.6. The maximum absolute atomic E-state index is 11.5. The van der Waals surface area contributed by atoms with Crippen molar-refractivity contribution < 1.29 is 9.53 Å². The molecule has 0 aliphatic rings. The molecule has 2 aromatic rings. The average Bonchev–Trinajstić information content (AvgIpc) is 2.27. The number of carbonyl (C=O) groups is 1. The summed E-state index contributed by atoms with van der Waals surface area (Å²) in [4.78, 5) is 19.3. The smallest absolute Gasteiger partial charge is 0.340 e. The van der Waals surface area contributed by atoms with Crippen molar-refractivity contribution in [2.75, 3.05) is 7.11 Å². The summed E-state index contributed by atoms with van der Waals surface area (Å²) in [6.07, 6.45) is 0. The second kappa shape index (κ2) is 4.23. The Morgan fingerprint density at radius 2 is 2.06 bits per heavy atom. The van der Waals surface area contributed by atoms with E-state index in [-0.39, 0.29) is 10.4 Å². The van der Waals surface area contributed by atoms with Gasteiger partial charge in [0, 0.05) is 5.39 Å². The van der Waals surface area contributed by atoms with Gasteiger partial charge in [-0.25, -0.2) is 14.8 Å². The molecule has 1 aromatic carbocycles. The number of nitrogens with zero attached hydrogens (tertiary/aromatic N) is 2. The number of esters is 1. The van der Waals surface area contributed by atoms with Crippen LogP contribution in [0.5, 0.6) is 0 Å². The van der Waals surface area contributed by atoms with Gasteiger partial charge in [0.05, 0.1) is 18.2 Å². The SMILES string of the molecule is COC(=O)c1cccc2c(Cl)nc(Cl)nc12. The number of carbonyl (C=O) groups excluding carboxylic acids is 1. The Morgan fingerprint density at radius 3 is 2.75 bits per heavy atom. The lowest BCUT2D eigenvalue weighted by atomic mass is 10.1. The van der Waals surface area contributed by atoms with Crippen LogP contribution >= 0.6 is 23.2 Å². The lowest BCUT2D eigenvalue weighted by molar-refractivity contribution is 0.0603. The fourth-order valence-corrected chi connectivity index (χ4v) is 1.81. The summed E-state index contributed by atoms with van der Waals surface area (Å²) < 4.78 is 4.64. The van der Waals surface area contributed by atoms with Crippen LogP contribution < -0.4 is 0 Å². The predicted molar refractivity (Wildman–Crippen MR) is 60.9 cm³/mol.